The van der Waals surface area contributed by atoms with Gasteiger partial charge in [0.1, 0.15) is 11.1 Å². The quantitative estimate of drug-likeness (QED) is 0.276. The normalized spacial score (nSPS) is 16.2. The minimum Gasteiger partial charge on any atom is -0.451 e. The summed E-state index contributed by atoms with van der Waals surface area (Å²) in [5, 5.41) is 6.85. The number of oxazole rings is 1. The topological polar surface area (TPSA) is 123 Å². The van der Waals surface area contributed by atoms with Crippen molar-refractivity contribution >= 4 is 39.1 Å². The third-order valence-corrected chi connectivity index (χ3v) is 8.91. The molecule has 3 aromatic heterocycles. The van der Waals surface area contributed by atoms with Crippen LogP contribution in [0, 0.1) is 11.3 Å². The summed E-state index contributed by atoms with van der Waals surface area (Å²) in [6.45, 7) is 7.19. The minimum atomic E-state index is -0.421. The minimum absolute atomic E-state index is 0.184. The molecule has 0 fully saturated rings. The molecular formula is C29H33N5O3S. The number of nitrogens with zero attached hydrogens (tertiary/aromatic N) is 2. The van der Waals surface area contributed by atoms with Crippen molar-refractivity contribution in [1.29, 1.82) is 0 Å². The Morgan fingerprint density at radius 2 is 2.08 bits per heavy atom. The van der Waals surface area contributed by atoms with Gasteiger partial charge in [0.05, 0.1) is 10.9 Å². The molecule has 2 amide bonds. The van der Waals surface area contributed by atoms with Crippen LogP contribution in [0.3, 0.4) is 0 Å². The van der Waals surface area contributed by atoms with Crippen molar-refractivity contribution < 1.29 is 14.0 Å². The molecule has 2 atom stereocenters. The van der Waals surface area contributed by atoms with Gasteiger partial charge in [-0.2, -0.15) is 0 Å². The SMILES string of the molecule is CCC(C)(C)[C@@H]1CCc2nc3sc(C(=O)N[C@H](CN)c4cccc(NC(=O)c5cocn5)c4)cc3cc2C1. The van der Waals surface area contributed by atoms with Gasteiger partial charge in [-0.25, -0.2) is 9.97 Å². The average molecular weight is 532 g/mol. The Bertz CT molecular complexity index is 1460. The maximum Gasteiger partial charge on any atom is 0.277 e. The van der Waals surface area contributed by atoms with Crippen LogP contribution in [-0.4, -0.2) is 28.3 Å². The van der Waals surface area contributed by atoms with E-state index in [-0.39, 0.29) is 24.1 Å². The Morgan fingerprint density at radius 1 is 1.24 bits per heavy atom. The summed E-state index contributed by atoms with van der Waals surface area (Å²) >= 11 is 1.41. The van der Waals surface area contributed by atoms with E-state index in [1.807, 2.05) is 18.2 Å². The first-order valence-corrected chi connectivity index (χ1v) is 13.8. The summed E-state index contributed by atoms with van der Waals surface area (Å²) in [6.07, 6.45) is 6.81. The van der Waals surface area contributed by atoms with Crippen molar-refractivity contribution in [1.82, 2.24) is 15.3 Å². The zero-order chi connectivity index (χ0) is 26.9. The van der Waals surface area contributed by atoms with E-state index in [1.54, 1.807) is 12.1 Å². The lowest BCUT2D eigenvalue weighted by Gasteiger charge is -2.36. The number of nitrogens with one attached hydrogen (secondary N) is 2. The zero-order valence-electron chi connectivity index (χ0n) is 21.9. The van der Waals surface area contributed by atoms with Crippen LogP contribution < -0.4 is 16.4 Å². The Balaban J connectivity index is 1.31. The van der Waals surface area contributed by atoms with Crippen LogP contribution >= 0.6 is 11.3 Å². The number of anilines is 1. The predicted octanol–water partition coefficient (Wildman–Crippen LogP) is 5.51. The number of hydrogen-bond donors (Lipinski definition) is 3. The summed E-state index contributed by atoms with van der Waals surface area (Å²) < 4.78 is 4.87. The van der Waals surface area contributed by atoms with E-state index in [2.05, 4.69) is 42.5 Å². The number of aryl methyl sites for hydroxylation is 1. The van der Waals surface area contributed by atoms with Crippen molar-refractivity contribution in [2.45, 2.75) is 52.5 Å². The number of aromatic nitrogens is 2. The van der Waals surface area contributed by atoms with E-state index in [0.29, 0.717) is 21.9 Å². The average Bonchev–Trinajstić information content (AvgIpc) is 3.60. The molecule has 0 spiro atoms. The van der Waals surface area contributed by atoms with Crippen molar-refractivity contribution in [3.63, 3.8) is 0 Å². The lowest BCUT2D eigenvalue weighted by molar-refractivity contribution is 0.0941. The van der Waals surface area contributed by atoms with Gasteiger partial charge in [-0.05, 0) is 66.0 Å². The van der Waals surface area contributed by atoms with Gasteiger partial charge in [0.2, 0.25) is 0 Å². The molecule has 3 heterocycles. The number of pyridine rings is 1. The van der Waals surface area contributed by atoms with Crippen molar-refractivity contribution in [3.8, 4) is 0 Å². The van der Waals surface area contributed by atoms with Crippen LogP contribution in [0.2, 0.25) is 0 Å². The molecule has 0 unspecified atom stereocenters. The molecular weight excluding hydrogens is 498 g/mol. The second kappa shape index (κ2) is 10.7. The van der Waals surface area contributed by atoms with Crippen LogP contribution in [0.25, 0.3) is 10.2 Å². The molecule has 0 radical (unpaired) electrons. The number of rotatable bonds is 8. The maximum atomic E-state index is 13.2. The fourth-order valence-corrected chi connectivity index (χ4v) is 5.99. The highest BCUT2D eigenvalue weighted by atomic mass is 32.1. The van der Waals surface area contributed by atoms with E-state index < -0.39 is 6.04 Å². The second-order valence-electron chi connectivity index (χ2n) is 10.6. The fourth-order valence-electron chi connectivity index (χ4n) is 5.05. The van der Waals surface area contributed by atoms with Crippen LogP contribution in [0.4, 0.5) is 5.69 Å². The highest BCUT2D eigenvalue weighted by Crippen LogP contribution is 2.40. The zero-order valence-corrected chi connectivity index (χ0v) is 22.7. The first kappa shape index (κ1) is 26.1. The van der Waals surface area contributed by atoms with E-state index in [4.69, 9.17) is 15.1 Å². The number of hydrogen-bond acceptors (Lipinski definition) is 7. The standard InChI is InChI=1S/C29H33N5O3S/c1-4-29(2,3)20-8-9-22-18(11-20)10-19-13-25(38-28(19)34-22)27(36)33-23(14-30)17-6-5-7-21(12-17)32-26(35)24-15-37-16-31-24/h5-7,10,12-13,15-16,20,23H,4,8-9,11,14,30H2,1-3H3,(H,32,35)(H,33,36)/t20-,23-/m1/s1. The fraction of sp³-hybridized carbons (Fsp3) is 0.379. The van der Waals surface area contributed by atoms with Crippen molar-refractivity contribution in [2.24, 2.45) is 17.1 Å². The van der Waals surface area contributed by atoms with Crippen LogP contribution in [0.1, 0.15) is 76.6 Å². The number of carbonyl (C=O) groups is 2. The Labute approximate surface area is 226 Å². The third-order valence-electron chi connectivity index (χ3n) is 7.87. The van der Waals surface area contributed by atoms with Gasteiger partial charge in [-0.15, -0.1) is 11.3 Å². The Kier molecular flexibility index (Phi) is 7.32. The molecule has 1 aliphatic carbocycles. The molecule has 0 bridgehead atoms. The second-order valence-corrected chi connectivity index (χ2v) is 11.6. The first-order valence-electron chi connectivity index (χ1n) is 13.0. The summed E-state index contributed by atoms with van der Waals surface area (Å²) in [5.74, 6) is 0.0696. The van der Waals surface area contributed by atoms with Crippen LogP contribution in [0.15, 0.2) is 53.5 Å². The molecule has 38 heavy (non-hydrogen) atoms. The molecule has 1 aliphatic rings. The molecule has 0 saturated heterocycles. The van der Waals surface area contributed by atoms with E-state index in [1.165, 1.54) is 35.3 Å². The summed E-state index contributed by atoms with van der Waals surface area (Å²) in [6, 6.07) is 11.0. The molecule has 9 heteroatoms. The molecule has 5 rings (SSSR count). The van der Waals surface area contributed by atoms with Gasteiger partial charge in [0.25, 0.3) is 11.8 Å². The lowest BCUT2D eigenvalue weighted by atomic mass is 9.69. The van der Waals surface area contributed by atoms with E-state index >= 15 is 0 Å². The van der Waals surface area contributed by atoms with Crippen LogP contribution in [-0.2, 0) is 12.8 Å². The van der Waals surface area contributed by atoms with Gasteiger partial charge in [0, 0.05) is 23.3 Å². The predicted molar refractivity (Wildman–Crippen MR) is 149 cm³/mol. The Morgan fingerprint density at radius 3 is 2.82 bits per heavy atom. The molecule has 8 nitrogen and oxygen atoms in total. The molecule has 1 aromatic carbocycles. The number of carbonyl (C=O) groups excluding carboxylic acids is 2. The van der Waals surface area contributed by atoms with E-state index in [9.17, 15) is 9.59 Å². The molecule has 4 N–H and O–H groups in total. The van der Waals surface area contributed by atoms with E-state index in [0.717, 1.165) is 41.5 Å². The molecule has 198 valence electrons. The highest BCUT2D eigenvalue weighted by Gasteiger charge is 2.32. The Hall–Kier alpha value is -3.56. The van der Waals surface area contributed by atoms with Gasteiger partial charge in [0.15, 0.2) is 12.1 Å². The van der Waals surface area contributed by atoms with Crippen molar-refractivity contribution in [3.05, 3.63) is 76.4 Å². The van der Waals surface area contributed by atoms with Gasteiger partial charge >= 0.3 is 0 Å². The molecule has 4 aromatic rings. The lowest BCUT2D eigenvalue weighted by Crippen LogP contribution is -2.33. The van der Waals surface area contributed by atoms with Gasteiger partial charge in [-0.1, -0.05) is 39.3 Å². The van der Waals surface area contributed by atoms with Crippen molar-refractivity contribution in [2.75, 3.05) is 11.9 Å². The summed E-state index contributed by atoms with van der Waals surface area (Å²) in [7, 11) is 0. The smallest absolute Gasteiger partial charge is 0.277 e. The van der Waals surface area contributed by atoms with Gasteiger partial charge in [-0.3, -0.25) is 9.59 Å². The summed E-state index contributed by atoms with van der Waals surface area (Å²) in [5.41, 5.74) is 10.4. The largest absolute Gasteiger partial charge is 0.451 e. The van der Waals surface area contributed by atoms with Crippen LogP contribution in [0.5, 0.6) is 0 Å². The third kappa shape index (κ3) is 5.35. The maximum absolute atomic E-state index is 13.2. The highest BCUT2D eigenvalue weighted by molar-refractivity contribution is 7.20. The first-order chi connectivity index (χ1) is 18.3. The number of benzene rings is 1. The number of fused-ring (bicyclic) bond motifs is 2. The van der Waals surface area contributed by atoms with Gasteiger partial charge < -0.3 is 20.8 Å². The molecule has 0 saturated carbocycles. The number of thiophene rings is 1. The number of nitrogens with two attached hydrogens (primary N) is 1. The molecule has 0 aliphatic heterocycles. The summed E-state index contributed by atoms with van der Waals surface area (Å²) in [4.78, 5) is 35.9. The monoisotopic (exact) mass is 531 g/mol. The number of amides is 2.